The molecular weight excluding hydrogens is 298 g/mol. The lowest BCUT2D eigenvalue weighted by molar-refractivity contribution is -0.384. The van der Waals surface area contributed by atoms with Crippen molar-refractivity contribution in [3.05, 3.63) is 39.9 Å². The highest BCUT2D eigenvalue weighted by Gasteiger charge is 2.25. The number of amides is 2. The Morgan fingerprint density at radius 3 is 2.61 bits per heavy atom. The molecule has 0 aliphatic carbocycles. The Hall–Kier alpha value is -2.44. The first-order valence-corrected chi connectivity index (χ1v) is 7.72. The van der Waals surface area contributed by atoms with E-state index in [0.717, 1.165) is 12.8 Å². The summed E-state index contributed by atoms with van der Waals surface area (Å²) in [5.41, 5.74) is 0.0211. The Labute approximate surface area is 134 Å². The maximum Gasteiger partial charge on any atom is 0.270 e. The zero-order chi connectivity index (χ0) is 17.0. The molecule has 1 atom stereocenters. The normalized spacial score (nSPS) is 16.7. The molecule has 0 saturated carbocycles. The average Bonchev–Trinajstić information content (AvgIpc) is 2.54. The number of nitrogens with zero attached hydrogens (tertiary/aromatic N) is 2. The van der Waals surface area contributed by atoms with Gasteiger partial charge in [0.05, 0.1) is 4.92 Å². The van der Waals surface area contributed by atoms with Crippen molar-refractivity contribution in [2.75, 3.05) is 13.1 Å². The van der Waals surface area contributed by atoms with Gasteiger partial charge in [0.25, 0.3) is 11.6 Å². The summed E-state index contributed by atoms with van der Waals surface area (Å²) < 4.78 is 0. The predicted octanol–water partition coefficient (Wildman–Crippen LogP) is 1.97. The van der Waals surface area contributed by atoms with Crippen molar-refractivity contribution in [2.45, 2.75) is 32.7 Å². The number of likely N-dealkylation sites (tertiary alicyclic amines) is 1. The molecule has 1 fully saturated rings. The van der Waals surface area contributed by atoms with Crippen LogP contribution in [-0.4, -0.2) is 40.8 Å². The standard InChI is InChI=1S/C16H21N3O4/c1-11-6-8-18(9-7-11)16(21)12(2)17-15(20)13-4-3-5-14(10-13)19(22)23/h3-5,10-12H,6-9H2,1-2H3,(H,17,20). The van der Waals surface area contributed by atoms with Gasteiger partial charge in [0.2, 0.25) is 5.91 Å². The quantitative estimate of drug-likeness (QED) is 0.678. The van der Waals surface area contributed by atoms with Gasteiger partial charge < -0.3 is 10.2 Å². The van der Waals surface area contributed by atoms with E-state index in [2.05, 4.69) is 12.2 Å². The average molecular weight is 319 g/mol. The number of nitrogens with one attached hydrogen (secondary N) is 1. The highest BCUT2D eigenvalue weighted by atomic mass is 16.6. The molecule has 1 aliphatic heterocycles. The second-order valence-corrected chi connectivity index (χ2v) is 6.01. The van der Waals surface area contributed by atoms with Crippen LogP contribution >= 0.6 is 0 Å². The number of hydrogen-bond donors (Lipinski definition) is 1. The van der Waals surface area contributed by atoms with Gasteiger partial charge in [0.1, 0.15) is 6.04 Å². The molecule has 23 heavy (non-hydrogen) atoms. The predicted molar refractivity (Wildman–Crippen MR) is 85.0 cm³/mol. The van der Waals surface area contributed by atoms with Crippen LogP contribution in [0, 0.1) is 16.0 Å². The summed E-state index contributed by atoms with van der Waals surface area (Å²) in [7, 11) is 0. The number of nitro groups is 1. The highest BCUT2D eigenvalue weighted by Crippen LogP contribution is 2.17. The molecule has 0 bridgehead atoms. The monoisotopic (exact) mass is 319 g/mol. The van der Waals surface area contributed by atoms with Gasteiger partial charge in [-0.15, -0.1) is 0 Å². The molecule has 1 saturated heterocycles. The van der Waals surface area contributed by atoms with Gasteiger partial charge in [-0.3, -0.25) is 19.7 Å². The van der Waals surface area contributed by atoms with Crippen LogP contribution in [0.25, 0.3) is 0 Å². The molecule has 1 aromatic rings. The van der Waals surface area contributed by atoms with Gasteiger partial charge in [-0.1, -0.05) is 13.0 Å². The summed E-state index contributed by atoms with van der Waals surface area (Å²) in [6.07, 6.45) is 1.94. The van der Waals surface area contributed by atoms with E-state index in [0.29, 0.717) is 19.0 Å². The van der Waals surface area contributed by atoms with Gasteiger partial charge in [0.15, 0.2) is 0 Å². The van der Waals surface area contributed by atoms with Crippen LogP contribution in [0.5, 0.6) is 0 Å². The summed E-state index contributed by atoms with van der Waals surface area (Å²) in [4.78, 5) is 36.5. The van der Waals surface area contributed by atoms with Crippen molar-refractivity contribution in [1.82, 2.24) is 10.2 Å². The van der Waals surface area contributed by atoms with Crippen molar-refractivity contribution < 1.29 is 14.5 Å². The first kappa shape index (κ1) is 16.9. The second kappa shape index (κ2) is 7.21. The fraction of sp³-hybridized carbons (Fsp3) is 0.500. The van der Waals surface area contributed by atoms with Crippen molar-refractivity contribution >= 4 is 17.5 Å². The third-order valence-corrected chi connectivity index (χ3v) is 4.13. The smallest absolute Gasteiger partial charge is 0.270 e. The van der Waals surface area contributed by atoms with E-state index in [4.69, 9.17) is 0 Å². The van der Waals surface area contributed by atoms with Crippen LogP contribution in [0.2, 0.25) is 0 Å². The van der Waals surface area contributed by atoms with Crippen molar-refractivity contribution in [1.29, 1.82) is 0 Å². The Kier molecular flexibility index (Phi) is 5.31. The SMILES string of the molecule is CC1CCN(C(=O)C(C)NC(=O)c2cccc([N+](=O)[O-])c2)CC1. The molecule has 2 rings (SSSR count). The fourth-order valence-electron chi connectivity index (χ4n) is 2.61. The minimum Gasteiger partial charge on any atom is -0.341 e. The zero-order valence-electron chi connectivity index (χ0n) is 13.3. The maximum atomic E-state index is 12.3. The first-order valence-electron chi connectivity index (χ1n) is 7.72. The molecule has 7 heteroatoms. The number of benzene rings is 1. The summed E-state index contributed by atoms with van der Waals surface area (Å²) in [5.74, 6) is 0.0180. The lowest BCUT2D eigenvalue weighted by Crippen LogP contribution is -2.49. The van der Waals surface area contributed by atoms with Crippen molar-refractivity contribution in [3.8, 4) is 0 Å². The maximum absolute atomic E-state index is 12.3. The number of carbonyl (C=O) groups is 2. The molecule has 124 valence electrons. The van der Waals surface area contributed by atoms with E-state index in [1.807, 2.05) is 0 Å². The molecule has 0 spiro atoms. The second-order valence-electron chi connectivity index (χ2n) is 6.01. The third-order valence-electron chi connectivity index (χ3n) is 4.13. The van der Waals surface area contributed by atoms with Gasteiger partial charge in [0, 0.05) is 30.8 Å². The van der Waals surface area contributed by atoms with Crippen LogP contribution in [-0.2, 0) is 4.79 Å². The number of piperidine rings is 1. The summed E-state index contributed by atoms with van der Waals surface area (Å²) >= 11 is 0. The van der Waals surface area contributed by atoms with Crippen LogP contribution in [0.3, 0.4) is 0 Å². The van der Waals surface area contributed by atoms with E-state index < -0.39 is 16.9 Å². The minimum absolute atomic E-state index is 0.115. The molecular formula is C16H21N3O4. The third kappa shape index (κ3) is 4.28. The summed E-state index contributed by atoms with van der Waals surface area (Å²) in [6.45, 7) is 5.21. The summed E-state index contributed by atoms with van der Waals surface area (Å²) in [6, 6.07) is 4.80. The zero-order valence-corrected chi connectivity index (χ0v) is 13.3. The summed E-state index contributed by atoms with van der Waals surface area (Å²) in [5, 5.41) is 13.4. The molecule has 1 aliphatic rings. The fourth-order valence-corrected chi connectivity index (χ4v) is 2.61. The van der Waals surface area contributed by atoms with Gasteiger partial charge in [-0.05, 0) is 31.7 Å². The Morgan fingerprint density at radius 1 is 1.35 bits per heavy atom. The topological polar surface area (TPSA) is 92.6 Å². The highest BCUT2D eigenvalue weighted by molar-refractivity contribution is 5.97. The lowest BCUT2D eigenvalue weighted by atomic mass is 9.99. The molecule has 0 aromatic heterocycles. The number of nitro benzene ring substituents is 1. The van der Waals surface area contributed by atoms with Gasteiger partial charge in [-0.2, -0.15) is 0 Å². The Balaban J connectivity index is 1.97. The van der Waals surface area contributed by atoms with Crippen LogP contribution < -0.4 is 5.32 Å². The molecule has 1 N–H and O–H groups in total. The minimum atomic E-state index is -0.657. The lowest BCUT2D eigenvalue weighted by Gasteiger charge is -2.32. The molecule has 1 unspecified atom stereocenters. The van der Waals surface area contributed by atoms with Crippen molar-refractivity contribution in [2.24, 2.45) is 5.92 Å². The number of rotatable bonds is 4. The number of hydrogen-bond acceptors (Lipinski definition) is 4. The van der Waals surface area contributed by atoms with Crippen LogP contribution in [0.4, 0.5) is 5.69 Å². The van der Waals surface area contributed by atoms with E-state index in [1.165, 1.54) is 24.3 Å². The first-order chi connectivity index (χ1) is 10.9. The van der Waals surface area contributed by atoms with E-state index in [9.17, 15) is 19.7 Å². The van der Waals surface area contributed by atoms with E-state index in [-0.39, 0.29) is 17.2 Å². The van der Waals surface area contributed by atoms with Crippen LogP contribution in [0.15, 0.2) is 24.3 Å². The van der Waals surface area contributed by atoms with E-state index >= 15 is 0 Å². The van der Waals surface area contributed by atoms with Gasteiger partial charge >= 0.3 is 0 Å². The van der Waals surface area contributed by atoms with E-state index in [1.54, 1.807) is 11.8 Å². The molecule has 7 nitrogen and oxygen atoms in total. The largest absolute Gasteiger partial charge is 0.341 e. The number of carbonyl (C=O) groups excluding carboxylic acids is 2. The molecule has 1 aromatic carbocycles. The molecule has 1 heterocycles. The van der Waals surface area contributed by atoms with Gasteiger partial charge in [-0.25, -0.2) is 0 Å². The molecule has 2 amide bonds. The number of non-ortho nitro benzene ring substituents is 1. The Bertz CT molecular complexity index is 609. The Morgan fingerprint density at radius 2 is 2.00 bits per heavy atom. The van der Waals surface area contributed by atoms with Crippen molar-refractivity contribution in [3.63, 3.8) is 0 Å². The molecule has 0 radical (unpaired) electrons. The van der Waals surface area contributed by atoms with Crippen LogP contribution in [0.1, 0.15) is 37.0 Å².